The summed E-state index contributed by atoms with van der Waals surface area (Å²) in [5.41, 5.74) is 4.73. The van der Waals surface area contributed by atoms with E-state index in [4.69, 9.17) is 0 Å². The molecule has 0 bridgehead atoms. The Morgan fingerprint density at radius 2 is 2.24 bits per heavy atom. The van der Waals surface area contributed by atoms with Crippen LogP contribution in [0.1, 0.15) is 11.1 Å². The summed E-state index contributed by atoms with van der Waals surface area (Å²) in [6, 6.07) is 6.43. The molecule has 2 atom stereocenters. The minimum absolute atomic E-state index is 0. The molecule has 2 heterocycles. The van der Waals surface area contributed by atoms with Crippen LogP contribution in [0.4, 0.5) is 0 Å². The molecule has 1 aliphatic heterocycles. The summed E-state index contributed by atoms with van der Waals surface area (Å²) in [6.07, 6.45) is 4.90. The number of benzene rings is 1. The van der Waals surface area contributed by atoms with Crippen LogP contribution in [-0.4, -0.2) is 35.5 Å². The molecule has 4 nitrogen and oxygen atoms in total. The predicted octanol–water partition coefficient (Wildman–Crippen LogP) is -2.21. The molecule has 2 aliphatic rings. The third-order valence-electron chi connectivity index (χ3n) is 4.57. The summed E-state index contributed by atoms with van der Waals surface area (Å²) in [4.78, 5) is 16.7. The number of carbonyl (C=O) groups excluding carboxylic acids is 1. The maximum absolute atomic E-state index is 11.2. The second-order valence-corrected chi connectivity index (χ2v) is 5.75. The Hall–Kier alpha value is -0.434. The molecule has 5 heteroatoms. The van der Waals surface area contributed by atoms with Crippen molar-refractivity contribution >= 4 is 22.4 Å². The molecule has 0 spiro atoms. The van der Waals surface area contributed by atoms with Crippen molar-refractivity contribution in [2.45, 2.75) is 12.5 Å². The van der Waals surface area contributed by atoms with Gasteiger partial charge in [-0.05, 0) is 36.2 Å². The van der Waals surface area contributed by atoms with Gasteiger partial charge in [-0.1, -0.05) is 18.2 Å². The van der Waals surface area contributed by atoms with Crippen molar-refractivity contribution in [2.75, 3.05) is 13.6 Å². The predicted molar refractivity (Wildman–Crippen MR) is 74.9 cm³/mol. The molecule has 102 valence electrons. The van der Waals surface area contributed by atoms with Crippen molar-refractivity contribution in [3.05, 3.63) is 41.6 Å². The third-order valence-corrected chi connectivity index (χ3v) is 4.57. The SMILES string of the molecule is CN1C[C@H](C(=O)[O-])C=C2c3cccc4[nH]cc(c34)C[C@H]21.[K+]. The monoisotopic (exact) mass is 306 g/mol. The van der Waals surface area contributed by atoms with Gasteiger partial charge in [0.1, 0.15) is 0 Å². The van der Waals surface area contributed by atoms with Crippen LogP contribution in [0.25, 0.3) is 16.5 Å². The molecule has 1 aromatic heterocycles. The molecule has 0 saturated heterocycles. The zero-order valence-corrected chi connectivity index (χ0v) is 15.3. The van der Waals surface area contributed by atoms with Gasteiger partial charge in [0.15, 0.2) is 0 Å². The first kappa shape index (κ1) is 15.5. The quantitative estimate of drug-likeness (QED) is 0.608. The van der Waals surface area contributed by atoms with Crippen LogP contribution in [0.3, 0.4) is 0 Å². The van der Waals surface area contributed by atoms with Crippen molar-refractivity contribution in [3.63, 3.8) is 0 Å². The fourth-order valence-corrected chi connectivity index (χ4v) is 3.60. The minimum atomic E-state index is -0.991. The van der Waals surface area contributed by atoms with Gasteiger partial charge in [-0.25, -0.2) is 0 Å². The fourth-order valence-electron chi connectivity index (χ4n) is 3.60. The maximum Gasteiger partial charge on any atom is 1.00 e. The zero-order chi connectivity index (χ0) is 13.9. The topological polar surface area (TPSA) is 59.2 Å². The minimum Gasteiger partial charge on any atom is -0.549 e. The van der Waals surface area contributed by atoms with Crippen molar-refractivity contribution in [1.82, 2.24) is 9.88 Å². The molecule has 2 aromatic rings. The van der Waals surface area contributed by atoms with E-state index in [1.54, 1.807) is 0 Å². The summed E-state index contributed by atoms with van der Waals surface area (Å²) in [5, 5.41) is 12.5. The van der Waals surface area contributed by atoms with E-state index >= 15 is 0 Å². The molecule has 0 fully saturated rings. The second kappa shape index (κ2) is 5.64. The molecule has 1 N–H and O–H groups in total. The number of H-pyrrole nitrogens is 1. The van der Waals surface area contributed by atoms with Gasteiger partial charge >= 0.3 is 51.4 Å². The first-order valence-corrected chi connectivity index (χ1v) is 6.87. The third kappa shape index (κ3) is 2.36. The van der Waals surface area contributed by atoms with Crippen LogP contribution in [0.5, 0.6) is 0 Å². The van der Waals surface area contributed by atoms with E-state index in [-0.39, 0.29) is 57.4 Å². The van der Waals surface area contributed by atoms with Crippen LogP contribution < -0.4 is 56.5 Å². The Balaban J connectivity index is 0.00000132. The first-order chi connectivity index (χ1) is 9.65. The van der Waals surface area contributed by atoms with Crippen molar-refractivity contribution in [1.29, 1.82) is 0 Å². The molecule has 0 unspecified atom stereocenters. The van der Waals surface area contributed by atoms with Gasteiger partial charge in [0.2, 0.25) is 0 Å². The van der Waals surface area contributed by atoms with Gasteiger partial charge in [-0.15, -0.1) is 0 Å². The number of nitrogens with zero attached hydrogens (tertiary/aromatic N) is 1. The maximum atomic E-state index is 11.2. The number of likely N-dealkylation sites (N-methyl/N-ethyl adjacent to an activating group) is 1. The van der Waals surface area contributed by atoms with Gasteiger partial charge in [0.05, 0.1) is 0 Å². The van der Waals surface area contributed by atoms with Gasteiger partial charge in [0.25, 0.3) is 0 Å². The van der Waals surface area contributed by atoms with Crippen LogP contribution in [0, 0.1) is 5.92 Å². The molecular formula is C16H15KN2O2. The average molecular weight is 306 g/mol. The number of hydrogen-bond donors (Lipinski definition) is 1. The molecule has 0 saturated carbocycles. The molecule has 4 rings (SSSR count). The summed E-state index contributed by atoms with van der Waals surface area (Å²) in [6.45, 7) is 0.520. The fraction of sp³-hybridized carbons (Fsp3) is 0.312. The van der Waals surface area contributed by atoms with Crippen molar-refractivity contribution in [3.8, 4) is 0 Å². The van der Waals surface area contributed by atoms with Crippen LogP contribution in [0.2, 0.25) is 0 Å². The van der Waals surface area contributed by atoms with Gasteiger partial charge in [-0.2, -0.15) is 0 Å². The number of hydrogen-bond acceptors (Lipinski definition) is 3. The number of carboxylic acid groups (broad SMARTS) is 1. The molecule has 21 heavy (non-hydrogen) atoms. The molecule has 0 radical (unpaired) electrons. The van der Waals surface area contributed by atoms with E-state index in [9.17, 15) is 9.90 Å². The number of aromatic nitrogens is 1. The Bertz CT molecular complexity index is 750. The molecule has 0 amide bonds. The summed E-state index contributed by atoms with van der Waals surface area (Å²) in [5.74, 6) is -1.52. The van der Waals surface area contributed by atoms with E-state index in [0.717, 1.165) is 23.1 Å². The van der Waals surface area contributed by atoms with E-state index in [1.165, 1.54) is 10.9 Å². The average Bonchev–Trinajstić information content (AvgIpc) is 2.84. The number of nitrogens with one attached hydrogen (secondary N) is 1. The van der Waals surface area contributed by atoms with Crippen molar-refractivity contribution < 1.29 is 61.3 Å². The Labute approximate surface area is 165 Å². The number of rotatable bonds is 1. The smallest absolute Gasteiger partial charge is 0.549 e. The Morgan fingerprint density at radius 3 is 3.00 bits per heavy atom. The zero-order valence-electron chi connectivity index (χ0n) is 12.2. The summed E-state index contributed by atoms with van der Waals surface area (Å²) in [7, 11) is 1.99. The first-order valence-electron chi connectivity index (χ1n) is 6.87. The molecule has 1 aromatic carbocycles. The Kier molecular flexibility index (Phi) is 4.16. The molecule has 1 aliphatic carbocycles. The molecular weight excluding hydrogens is 291 g/mol. The van der Waals surface area contributed by atoms with E-state index < -0.39 is 11.9 Å². The number of fused-ring (bicyclic) bond motifs is 2. The standard InChI is InChI=1S/C16H16N2O2.K/c1-18-8-10(16(19)20)5-12-11-3-2-4-13-15(11)9(7-17-13)6-14(12)18;/h2-5,7,10,14,17H,6,8H2,1H3,(H,19,20);/q;+1/p-1/t10-,14-;/m1./s1. The number of aliphatic carboxylic acids is 1. The number of carboxylic acids is 1. The van der Waals surface area contributed by atoms with Crippen LogP contribution >= 0.6 is 0 Å². The van der Waals surface area contributed by atoms with Crippen LogP contribution in [0.15, 0.2) is 30.5 Å². The van der Waals surface area contributed by atoms with E-state index in [1.807, 2.05) is 19.2 Å². The Morgan fingerprint density at radius 1 is 1.43 bits per heavy atom. The van der Waals surface area contributed by atoms with Crippen LogP contribution in [-0.2, 0) is 11.2 Å². The van der Waals surface area contributed by atoms with Gasteiger partial charge < -0.3 is 14.9 Å². The van der Waals surface area contributed by atoms with Gasteiger partial charge in [-0.3, -0.25) is 4.90 Å². The number of carbonyl (C=O) groups is 1. The van der Waals surface area contributed by atoms with E-state index in [2.05, 4.69) is 28.2 Å². The van der Waals surface area contributed by atoms with Gasteiger partial charge in [0, 0.05) is 41.6 Å². The largest absolute Gasteiger partial charge is 1.00 e. The normalized spacial score (nSPS) is 24.1. The summed E-state index contributed by atoms with van der Waals surface area (Å²) >= 11 is 0. The second-order valence-electron chi connectivity index (χ2n) is 5.75. The number of aromatic amines is 1. The summed E-state index contributed by atoms with van der Waals surface area (Å²) < 4.78 is 0. The van der Waals surface area contributed by atoms with E-state index in [0.29, 0.717) is 6.54 Å². The van der Waals surface area contributed by atoms with Crippen molar-refractivity contribution in [2.24, 2.45) is 5.92 Å².